The molecule has 0 aliphatic rings. The van der Waals surface area contributed by atoms with E-state index in [1.54, 1.807) is 24.3 Å². The minimum Gasteiger partial charge on any atom is -0.485 e. The number of benzene rings is 1. The van der Waals surface area contributed by atoms with Gasteiger partial charge in [-0.05, 0) is 30.7 Å². The summed E-state index contributed by atoms with van der Waals surface area (Å²) in [5.41, 5.74) is 0.436. The second kappa shape index (κ2) is 9.55. The molecule has 2 rings (SSSR count). The number of hydrogen-bond acceptors (Lipinski definition) is 6. The van der Waals surface area contributed by atoms with Crippen molar-refractivity contribution in [3.63, 3.8) is 0 Å². The van der Waals surface area contributed by atoms with Crippen LogP contribution in [0.3, 0.4) is 0 Å². The van der Waals surface area contributed by atoms with Gasteiger partial charge in [-0.25, -0.2) is 0 Å². The van der Waals surface area contributed by atoms with Crippen molar-refractivity contribution >= 4 is 11.9 Å². The Kier molecular flexibility index (Phi) is 7.13. The zero-order chi connectivity index (χ0) is 18.9. The molecule has 1 aromatic carbocycles. The quantitative estimate of drug-likeness (QED) is 0.668. The topological polar surface area (TPSA) is 115 Å². The summed E-state index contributed by atoms with van der Waals surface area (Å²) in [7, 11) is 0. The van der Waals surface area contributed by atoms with Crippen LogP contribution in [0, 0.1) is 5.92 Å². The summed E-state index contributed by atoms with van der Waals surface area (Å²) < 4.78 is 10.5. The van der Waals surface area contributed by atoms with Gasteiger partial charge in [-0.1, -0.05) is 25.4 Å². The molecule has 1 heterocycles. The van der Waals surface area contributed by atoms with Gasteiger partial charge < -0.3 is 19.7 Å². The molecule has 0 bridgehead atoms. The minimum atomic E-state index is -0.899. The van der Waals surface area contributed by atoms with E-state index < -0.39 is 11.9 Å². The second-order valence-corrected chi connectivity index (χ2v) is 5.80. The smallest absolute Gasteiger partial charge is 0.308 e. The van der Waals surface area contributed by atoms with Crippen molar-refractivity contribution in [3.05, 3.63) is 41.5 Å². The zero-order valence-electron chi connectivity index (χ0n) is 14.9. The summed E-state index contributed by atoms with van der Waals surface area (Å²) in [4.78, 5) is 27.4. The van der Waals surface area contributed by atoms with E-state index in [-0.39, 0.29) is 19.1 Å². The highest BCUT2D eigenvalue weighted by Gasteiger charge is 2.17. The lowest BCUT2D eigenvalue weighted by molar-refractivity contribution is -0.141. The molecule has 140 valence electrons. The maximum absolute atomic E-state index is 12.1. The molecule has 8 nitrogen and oxygen atoms in total. The van der Waals surface area contributed by atoms with E-state index in [0.29, 0.717) is 35.9 Å². The average molecular weight is 361 g/mol. The number of nitrogens with one attached hydrogen (secondary N) is 1. The molecule has 0 radical (unpaired) electrons. The lowest BCUT2D eigenvalue weighted by atomic mass is 10.0. The highest BCUT2D eigenvalue weighted by atomic mass is 16.5. The Morgan fingerprint density at radius 3 is 2.58 bits per heavy atom. The van der Waals surface area contributed by atoms with Crippen molar-refractivity contribution in [2.24, 2.45) is 5.92 Å². The van der Waals surface area contributed by atoms with E-state index >= 15 is 0 Å². The van der Waals surface area contributed by atoms with Gasteiger partial charge in [0.2, 0.25) is 11.7 Å². The van der Waals surface area contributed by atoms with Gasteiger partial charge in [-0.3, -0.25) is 9.59 Å². The first-order chi connectivity index (χ1) is 12.5. The molecule has 0 aliphatic carbocycles. The molecule has 26 heavy (non-hydrogen) atoms. The number of aryl methyl sites for hydroxylation is 1. The monoisotopic (exact) mass is 361 g/mol. The molecule has 8 heteroatoms. The number of ether oxygens (including phenoxy) is 1. The van der Waals surface area contributed by atoms with Crippen molar-refractivity contribution in [2.75, 3.05) is 6.54 Å². The van der Waals surface area contributed by atoms with Gasteiger partial charge in [0.15, 0.2) is 6.61 Å². The highest BCUT2D eigenvalue weighted by molar-refractivity contribution is 5.94. The number of aromatic nitrogens is 2. The predicted octanol–water partition coefficient (Wildman–Crippen LogP) is 2.44. The number of carboxylic acid groups (broad SMARTS) is 1. The number of rotatable bonds is 10. The first-order valence-electron chi connectivity index (χ1n) is 8.58. The Hall–Kier alpha value is -2.90. The van der Waals surface area contributed by atoms with Crippen LogP contribution in [0.2, 0.25) is 0 Å². The Bertz CT molecular complexity index is 727. The van der Waals surface area contributed by atoms with Crippen molar-refractivity contribution in [2.45, 2.75) is 39.7 Å². The molecule has 0 aliphatic heterocycles. The Labute approximate surface area is 151 Å². The van der Waals surface area contributed by atoms with Crippen LogP contribution in [0.1, 0.15) is 48.8 Å². The van der Waals surface area contributed by atoms with Crippen molar-refractivity contribution in [3.8, 4) is 5.75 Å². The van der Waals surface area contributed by atoms with Crippen LogP contribution in [-0.2, 0) is 17.8 Å². The maximum atomic E-state index is 12.1. The molecule has 1 aromatic heterocycles. The molecule has 0 saturated heterocycles. The van der Waals surface area contributed by atoms with Crippen molar-refractivity contribution in [1.82, 2.24) is 15.5 Å². The van der Waals surface area contributed by atoms with E-state index in [9.17, 15) is 9.59 Å². The number of nitrogens with zero attached hydrogens (tertiary/aromatic N) is 2. The Morgan fingerprint density at radius 1 is 1.27 bits per heavy atom. The first kappa shape index (κ1) is 19.4. The van der Waals surface area contributed by atoms with E-state index in [1.165, 1.54) is 0 Å². The van der Waals surface area contributed by atoms with E-state index in [2.05, 4.69) is 15.5 Å². The predicted molar refractivity (Wildman–Crippen MR) is 92.8 cm³/mol. The number of carbonyl (C=O) groups excluding carboxylic acids is 1. The highest BCUT2D eigenvalue weighted by Crippen LogP contribution is 2.14. The lowest BCUT2D eigenvalue weighted by Gasteiger charge is -2.12. The minimum absolute atomic E-state index is 0.109. The number of carboxylic acids is 1. The van der Waals surface area contributed by atoms with Gasteiger partial charge >= 0.3 is 5.97 Å². The molecule has 0 saturated carbocycles. The molecule has 2 aromatic rings. The summed E-state index contributed by atoms with van der Waals surface area (Å²) in [6.45, 7) is 4.11. The Balaban J connectivity index is 1.85. The molecule has 0 fully saturated rings. The third kappa shape index (κ3) is 5.58. The SMILES string of the molecule is CCCC(CNC(=O)c1ccc(OCc2noc(CC)n2)cc1)C(=O)O. The van der Waals surface area contributed by atoms with Crippen LogP contribution in [0.4, 0.5) is 0 Å². The van der Waals surface area contributed by atoms with Gasteiger partial charge in [-0.15, -0.1) is 0 Å². The number of aliphatic carboxylic acids is 1. The number of carbonyl (C=O) groups is 2. The third-order valence-corrected chi connectivity index (χ3v) is 3.79. The number of amides is 1. The van der Waals surface area contributed by atoms with Gasteiger partial charge in [0.1, 0.15) is 5.75 Å². The van der Waals surface area contributed by atoms with E-state index in [0.717, 1.165) is 6.42 Å². The molecule has 1 atom stereocenters. The first-order valence-corrected chi connectivity index (χ1v) is 8.58. The van der Waals surface area contributed by atoms with Crippen molar-refractivity contribution in [1.29, 1.82) is 0 Å². The standard InChI is InChI=1S/C18H23N3O5/c1-3-5-13(18(23)24)10-19-17(22)12-6-8-14(9-7-12)25-11-15-20-16(4-2)26-21-15/h6-9,13H,3-5,10-11H2,1-2H3,(H,19,22)(H,23,24). The van der Waals surface area contributed by atoms with Gasteiger partial charge in [-0.2, -0.15) is 4.98 Å². The van der Waals surface area contributed by atoms with Crippen LogP contribution >= 0.6 is 0 Å². The summed E-state index contributed by atoms with van der Waals surface area (Å²) in [6.07, 6.45) is 1.94. The lowest BCUT2D eigenvalue weighted by Crippen LogP contribution is -2.32. The van der Waals surface area contributed by atoms with Gasteiger partial charge in [0.05, 0.1) is 5.92 Å². The second-order valence-electron chi connectivity index (χ2n) is 5.80. The zero-order valence-corrected chi connectivity index (χ0v) is 14.9. The molecule has 0 spiro atoms. The molecule has 1 unspecified atom stereocenters. The van der Waals surface area contributed by atoms with Crippen molar-refractivity contribution < 1.29 is 24.0 Å². The largest absolute Gasteiger partial charge is 0.485 e. The average Bonchev–Trinajstić information content (AvgIpc) is 3.11. The molecular weight excluding hydrogens is 338 g/mol. The third-order valence-electron chi connectivity index (χ3n) is 3.79. The fourth-order valence-corrected chi connectivity index (χ4v) is 2.32. The number of hydrogen-bond donors (Lipinski definition) is 2. The van der Waals surface area contributed by atoms with Crippen LogP contribution in [0.15, 0.2) is 28.8 Å². The molecule has 2 N–H and O–H groups in total. The van der Waals surface area contributed by atoms with E-state index in [4.69, 9.17) is 14.4 Å². The van der Waals surface area contributed by atoms with Gasteiger partial charge in [0.25, 0.3) is 5.91 Å². The molecule has 1 amide bonds. The van der Waals surface area contributed by atoms with Crippen LogP contribution in [0.5, 0.6) is 5.75 Å². The fraction of sp³-hybridized carbons (Fsp3) is 0.444. The van der Waals surface area contributed by atoms with Crippen LogP contribution < -0.4 is 10.1 Å². The Morgan fingerprint density at radius 2 is 2.00 bits per heavy atom. The maximum Gasteiger partial charge on any atom is 0.308 e. The summed E-state index contributed by atoms with van der Waals surface area (Å²) in [5.74, 6) is -0.209. The van der Waals surface area contributed by atoms with E-state index in [1.807, 2.05) is 13.8 Å². The normalized spacial score (nSPS) is 11.8. The van der Waals surface area contributed by atoms with Gasteiger partial charge in [0, 0.05) is 18.5 Å². The summed E-state index contributed by atoms with van der Waals surface area (Å²) >= 11 is 0. The fourth-order valence-electron chi connectivity index (χ4n) is 2.32. The summed E-state index contributed by atoms with van der Waals surface area (Å²) in [5, 5.41) is 15.6. The molecular formula is C18H23N3O5. The van der Waals surface area contributed by atoms with Crippen LogP contribution in [-0.4, -0.2) is 33.7 Å². The summed E-state index contributed by atoms with van der Waals surface area (Å²) in [6, 6.07) is 6.56. The van der Waals surface area contributed by atoms with Crippen LogP contribution in [0.25, 0.3) is 0 Å².